The second kappa shape index (κ2) is 7.47. The molecule has 0 aliphatic heterocycles. The van der Waals surface area contributed by atoms with E-state index in [4.69, 9.17) is 11.6 Å². The molecule has 1 heterocycles. The Hall–Kier alpha value is -1.53. The highest BCUT2D eigenvalue weighted by Gasteiger charge is 2.14. The van der Waals surface area contributed by atoms with Crippen LogP contribution in [-0.2, 0) is 5.75 Å². The van der Waals surface area contributed by atoms with E-state index in [0.717, 1.165) is 10.6 Å². The van der Waals surface area contributed by atoms with E-state index < -0.39 is 0 Å². The van der Waals surface area contributed by atoms with E-state index in [1.54, 1.807) is 4.90 Å². The molecule has 0 bridgehead atoms. The van der Waals surface area contributed by atoms with Gasteiger partial charge in [0.25, 0.3) is 0 Å². The van der Waals surface area contributed by atoms with Crippen molar-refractivity contribution < 1.29 is 4.79 Å². The van der Waals surface area contributed by atoms with E-state index in [9.17, 15) is 4.79 Å². The normalized spacial score (nSPS) is 10.6. The van der Waals surface area contributed by atoms with Crippen molar-refractivity contribution in [2.45, 2.75) is 24.8 Å². The first kappa shape index (κ1) is 15.9. The molecule has 2 aromatic rings. The van der Waals surface area contributed by atoms with E-state index in [1.807, 2.05) is 38.1 Å². The van der Waals surface area contributed by atoms with Gasteiger partial charge in [0.1, 0.15) is 6.33 Å². The van der Waals surface area contributed by atoms with Crippen molar-refractivity contribution in [3.63, 3.8) is 0 Å². The molecule has 0 saturated carbocycles. The first-order chi connectivity index (χ1) is 10.2. The van der Waals surface area contributed by atoms with Crippen molar-refractivity contribution in [1.29, 1.82) is 0 Å². The molecule has 0 atom stereocenters. The van der Waals surface area contributed by atoms with Gasteiger partial charge in [-0.3, -0.25) is 0 Å². The minimum atomic E-state index is -0.155. The Morgan fingerprint density at radius 3 is 2.71 bits per heavy atom. The quantitative estimate of drug-likeness (QED) is 0.789. The standard InChI is InChI=1S/C14H17ClN4OS/c1-3-18(4-2)14(20)19-10-16-13(17-19)21-9-11-7-5-6-8-12(11)15/h5-8,10H,3-4,9H2,1-2H3. The third kappa shape index (κ3) is 3.98. The molecule has 5 nitrogen and oxygen atoms in total. The molecule has 0 saturated heterocycles. The van der Waals surface area contributed by atoms with Gasteiger partial charge < -0.3 is 4.90 Å². The zero-order valence-corrected chi connectivity index (χ0v) is 13.6. The van der Waals surface area contributed by atoms with Crippen molar-refractivity contribution >= 4 is 29.4 Å². The summed E-state index contributed by atoms with van der Waals surface area (Å²) < 4.78 is 1.28. The number of amides is 1. The summed E-state index contributed by atoms with van der Waals surface area (Å²) in [5.41, 5.74) is 1.02. The molecule has 0 aliphatic carbocycles. The van der Waals surface area contributed by atoms with Crippen LogP contribution in [0.3, 0.4) is 0 Å². The summed E-state index contributed by atoms with van der Waals surface area (Å²) in [5, 5.41) is 5.50. The van der Waals surface area contributed by atoms with Crippen LogP contribution in [0.1, 0.15) is 19.4 Å². The first-order valence-corrected chi connectivity index (χ1v) is 8.09. The fourth-order valence-corrected chi connectivity index (χ4v) is 2.89. The zero-order chi connectivity index (χ0) is 15.2. The van der Waals surface area contributed by atoms with Gasteiger partial charge >= 0.3 is 6.03 Å². The topological polar surface area (TPSA) is 51.0 Å². The molecule has 7 heteroatoms. The van der Waals surface area contributed by atoms with Gasteiger partial charge in [0.05, 0.1) is 0 Å². The maximum Gasteiger partial charge on any atom is 0.346 e. The third-order valence-electron chi connectivity index (χ3n) is 3.02. The van der Waals surface area contributed by atoms with E-state index in [2.05, 4.69) is 10.1 Å². The summed E-state index contributed by atoms with van der Waals surface area (Å²) in [6, 6.07) is 7.50. The number of hydrogen-bond donors (Lipinski definition) is 0. The highest BCUT2D eigenvalue weighted by atomic mass is 35.5. The summed E-state index contributed by atoms with van der Waals surface area (Å²) in [7, 11) is 0. The molecule has 0 aliphatic rings. The molecule has 0 radical (unpaired) electrons. The van der Waals surface area contributed by atoms with Gasteiger partial charge in [-0.15, -0.1) is 5.10 Å². The molecular weight excluding hydrogens is 308 g/mol. The Labute approximate surface area is 133 Å². The molecule has 0 fully saturated rings. The molecule has 0 unspecified atom stereocenters. The summed E-state index contributed by atoms with van der Waals surface area (Å²) in [6.07, 6.45) is 1.45. The number of aromatic nitrogens is 3. The predicted molar refractivity (Wildman–Crippen MR) is 84.8 cm³/mol. The molecule has 1 amide bonds. The fourth-order valence-electron chi connectivity index (χ4n) is 1.80. The lowest BCUT2D eigenvalue weighted by Crippen LogP contribution is -2.34. The Morgan fingerprint density at radius 2 is 2.05 bits per heavy atom. The van der Waals surface area contributed by atoms with Crippen molar-refractivity contribution in [1.82, 2.24) is 19.7 Å². The smallest absolute Gasteiger partial charge is 0.323 e. The number of thioether (sulfide) groups is 1. The second-order valence-corrected chi connectivity index (χ2v) is 5.66. The van der Waals surface area contributed by atoms with Crippen LogP contribution in [0.5, 0.6) is 0 Å². The maximum atomic E-state index is 12.1. The highest BCUT2D eigenvalue weighted by molar-refractivity contribution is 7.98. The Morgan fingerprint density at radius 1 is 1.33 bits per heavy atom. The number of carbonyl (C=O) groups is 1. The molecule has 1 aromatic carbocycles. The zero-order valence-electron chi connectivity index (χ0n) is 12.0. The minimum absolute atomic E-state index is 0.155. The van der Waals surface area contributed by atoms with Crippen LogP contribution in [0, 0.1) is 0 Å². The first-order valence-electron chi connectivity index (χ1n) is 6.72. The van der Waals surface area contributed by atoms with Gasteiger partial charge in [0.15, 0.2) is 0 Å². The summed E-state index contributed by atoms with van der Waals surface area (Å²) >= 11 is 7.56. The van der Waals surface area contributed by atoms with Gasteiger partial charge in [-0.25, -0.2) is 9.78 Å². The number of rotatable bonds is 5. The molecule has 0 spiro atoms. The van der Waals surface area contributed by atoms with Crippen molar-refractivity contribution in [2.24, 2.45) is 0 Å². The van der Waals surface area contributed by atoms with Crippen molar-refractivity contribution in [2.75, 3.05) is 13.1 Å². The summed E-state index contributed by atoms with van der Waals surface area (Å²) in [5.74, 6) is 0.670. The van der Waals surface area contributed by atoms with Crippen molar-refractivity contribution in [3.8, 4) is 0 Å². The monoisotopic (exact) mass is 324 g/mol. The Kier molecular flexibility index (Phi) is 5.64. The van der Waals surface area contributed by atoms with Crippen LogP contribution in [-0.4, -0.2) is 38.8 Å². The van der Waals surface area contributed by atoms with Gasteiger partial charge in [-0.2, -0.15) is 4.68 Å². The van der Waals surface area contributed by atoms with E-state index >= 15 is 0 Å². The summed E-state index contributed by atoms with van der Waals surface area (Å²) in [6.45, 7) is 5.17. The van der Waals surface area contributed by atoms with Gasteiger partial charge in [-0.05, 0) is 25.5 Å². The van der Waals surface area contributed by atoms with Gasteiger partial charge in [0, 0.05) is 23.9 Å². The summed E-state index contributed by atoms with van der Waals surface area (Å²) in [4.78, 5) is 18.0. The second-order valence-electron chi connectivity index (χ2n) is 4.31. The van der Waals surface area contributed by atoms with Crippen LogP contribution in [0.4, 0.5) is 4.79 Å². The number of nitrogens with zero attached hydrogens (tertiary/aromatic N) is 4. The molecule has 0 N–H and O–H groups in total. The highest BCUT2D eigenvalue weighted by Crippen LogP contribution is 2.24. The SMILES string of the molecule is CCN(CC)C(=O)n1cnc(SCc2ccccc2Cl)n1. The number of carbonyl (C=O) groups excluding carboxylic acids is 1. The van der Waals surface area contributed by atoms with E-state index in [0.29, 0.717) is 24.0 Å². The lowest BCUT2D eigenvalue weighted by atomic mass is 10.2. The average molecular weight is 325 g/mol. The maximum absolute atomic E-state index is 12.1. The van der Waals surface area contributed by atoms with Crippen LogP contribution < -0.4 is 0 Å². The predicted octanol–water partition coefficient (Wildman–Crippen LogP) is 3.53. The van der Waals surface area contributed by atoms with E-state index in [-0.39, 0.29) is 6.03 Å². The van der Waals surface area contributed by atoms with Crippen LogP contribution in [0.2, 0.25) is 5.02 Å². The molecular formula is C14H17ClN4OS. The third-order valence-corrected chi connectivity index (χ3v) is 4.28. The van der Waals surface area contributed by atoms with Gasteiger partial charge in [0.2, 0.25) is 5.16 Å². The lowest BCUT2D eigenvalue weighted by molar-refractivity contribution is 0.201. The van der Waals surface area contributed by atoms with Crippen LogP contribution in [0.15, 0.2) is 35.7 Å². The Balaban J connectivity index is 2.00. The molecule has 21 heavy (non-hydrogen) atoms. The van der Waals surface area contributed by atoms with Gasteiger partial charge in [-0.1, -0.05) is 41.6 Å². The largest absolute Gasteiger partial charge is 0.346 e. The average Bonchev–Trinajstić information content (AvgIpc) is 2.96. The number of hydrogen-bond acceptors (Lipinski definition) is 4. The van der Waals surface area contributed by atoms with E-state index in [1.165, 1.54) is 22.8 Å². The molecule has 112 valence electrons. The number of halogens is 1. The number of benzene rings is 1. The minimum Gasteiger partial charge on any atom is -0.323 e. The lowest BCUT2D eigenvalue weighted by Gasteiger charge is -2.17. The van der Waals surface area contributed by atoms with Crippen LogP contribution in [0.25, 0.3) is 0 Å². The molecule has 1 aromatic heterocycles. The van der Waals surface area contributed by atoms with Crippen LogP contribution >= 0.6 is 23.4 Å². The fraction of sp³-hybridized carbons (Fsp3) is 0.357. The Bertz CT molecular complexity index is 613. The van der Waals surface area contributed by atoms with Crippen molar-refractivity contribution in [3.05, 3.63) is 41.2 Å². The molecule has 2 rings (SSSR count).